The lowest BCUT2D eigenvalue weighted by Gasteiger charge is -2.19. The molecular weight excluding hydrogens is 384 g/mol. The Bertz CT molecular complexity index is 827. The van der Waals surface area contributed by atoms with E-state index in [1.165, 1.54) is 4.31 Å². The van der Waals surface area contributed by atoms with Crippen LogP contribution in [0.15, 0.2) is 35.3 Å². The Hall–Kier alpha value is -1.68. The molecule has 0 fully saturated rings. The second kappa shape index (κ2) is 10.0. The number of thiophene rings is 1. The highest BCUT2D eigenvalue weighted by Crippen LogP contribution is 2.29. The molecule has 150 valence electrons. The molecule has 1 unspecified atom stereocenters. The van der Waals surface area contributed by atoms with E-state index in [2.05, 4.69) is 15.6 Å². The van der Waals surface area contributed by atoms with Crippen molar-refractivity contribution in [2.45, 2.75) is 20.0 Å². The number of guanidine groups is 1. The lowest BCUT2D eigenvalue weighted by molar-refractivity contribution is 0.184. The molecule has 7 nitrogen and oxygen atoms in total. The third-order valence-electron chi connectivity index (χ3n) is 4.21. The monoisotopic (exact) mass is 412 g/mol. The summed E-state index contributed by atoms with van der Waals surface area (Å²) < 4.78 is 26.9. The second-order valence-corrected chi connectivity index (χ2v) is 9.19. The third kappa shape index (κ3) is 5.90. The van der Waals surface area contributed by atoms with Crippen molar-refractivity contribution in [3.05, 3.63) is 35.2 Å². The molecule has 0 radical (unpaired) electrons. The Morgan fingerprint density at radius 3 is 2.59 bits per heavy atom. The van der Waals surface area contributed by atoms with E-state index in [4.69, 9.17) is 0 Å². The third-order valence-corrected chi connectivity index (χ3v) is 7.45. The lowest BCUT2D eigenvalue weighted by Crippen LogP contribution is -2.43. The first-order valence-electron chi connectivity index (χ1n) is 9.00. The van der Waals surface area contributed by atoms with Crippen LogP contribution < -0.4 is 10.6 Å². The number of sulfonamides is 1. The molecule has 1 aromatic heterocycles. The highest BCUT2D eigenvalue weighted by molar-refractivity contribution is 7.89. The van der Waals surface area contributed by atoms with E-state index in [0.717, 1.165) is 15.0 Å². The highest BCUT2D eigenvalue weighted by Gasteiger charge is 2.18. The van der Waals surface area contributed by atoms with Crippen molar-refractivity contribution in [3.63, 3.8) is 0 Å². The normalized spacial score (nSPS) is 13.9. The summed E-state index contributed by atoms with van der Waals surface area (Å²) in [4.78, 5) is 4.96. The Morgan fingerprint density at radius 2 is 1.96 bits per heavy atom. The minimum Gasteiger partial charge on any atom is -0.386 e. The standard InChI is InChI=1S/C18H28N4O3S2/c1-4-22(5-2)27(24,25)11-10-20-18(19-3)21-13-15(23)17-12-14-8-6-7-9-16(14)26-17/h6-9,12,15,23H,4-5,10-11,13H2,1-3H3,(H2,19,20,21). The number of rotatable bonds is 9. The molecule has 1 heterocycles. The zero-order valence-electron chi connectivity index (χ0n) is 16.0. The van der Waals surface area contributed by atoms with Crippen LogP contribution in [0.3, 0.4) is 0 Å². The van der Waals surface area contributed by atoms with Crippen LogP contribution in [0.1, 0.15) is 24.8 Å². The molecule has 0 aliphatic carbocycles. The summed E-state index contributed by atoms with van der Waals surface area (Å²) in [5, 5.41) is 17.6. The van der Waals surface area contributed by atoms with Crippen LogP contribution in [-0.2, 0) is 10.0 Å². The van der Waals surface area contributed by atoms with Gasteiger partial charge in [-0.05, 0) is 17.5 Å². The highest BCUT2D eigenvalue weighted by atomic mass is 32.2. The summed E-state index contributed by atoms with van der Waals surface area (Å²) in [6.07, 6.45) is -0.666. The molecule has 9 heteroatoms. The molecular formula is C18H28N4O3S2. The summed E-state index contributed by atoms with van der Waals surface area (Å²) in [7, 11) is -1.66. The van der Waals surface area contributed by atoms with E-state index in [0.29, 0.717) is 19.0 Å². The van der Waals surface area contributed by atoms with Gasteiger partial charge in [-0.2, -0.15) is 0 Å². The molecule has 1 atom stereocenters. The minimum atomic E-state index is -3.28. The fourth-order valence-electron chi connectivity index (χ4n) is 2.73. The maximum atomic E-state index is 12.2. The molecule has 3 N–H and O–H groups in total. The van der Waals surface area contributed by atoms with Gasteiger partial charge in [-0.3, -0.25) is 4.99 Å². The van der Waals surface area contributed by atoms with Crippen molar-refractivity contribution in [1.82, 2.24) is 14.9 Å². The number of hydrogen-bond acceptors (Lipinski definition) is 5. The van der Waals surface area contributed by atoms with E-state index >= 15 is 0 Å². The van der Waals surface area contributed by atoms with E-state index in [1.54, 1.807) is 18.4 Å². The maximum Gasteiger partial charge on any atom is 0.215 e. The number of hydrogen-bond donors (Lipinski definition) is 3. The van der Waals surface area contributed by atoms with Gasteiger partial charge in [-0.25, -0.2) is 12.7 Å². The predicted octanol–water partition coefficient (Wildman–Crippen LogP) is 1.77. The van der Waals surface area contributed by atoms with Crippen LogP contribution in [0.25, 0.3) is 10.1 Å². The average molecular weight is 413 g/mol. The lowest BCUT2D eigenvalue weighted by atomic mass is 10.2. The topological polar surface area (TPSA) is 94.0 Å². The number of benzene rings is 1. The SMILES string of the molecule is CCN(CC)S(=O)(=O)CCNC(=NC)NCC(O)c1cc2ccccc2s1. The number of aliphatic hydroxyl groups is 1. The first-order valence-corrected chi connectivity index (χ1v) is 11.4. The van der Waals surface area contributed by atoms with E-state index in [9.17, 15) is 13.5 Å². The van der Waals surface area contributed by atoms with Crippen LogP contribution in [0.4, 0.5) is 0 Å². The first-order chi connectivity index (χ1) is 12.9. The van der Waals surface area contributed by atoms with E-state index in [-0.39, 0.29) is 18.8 Å². The Kier molecular flexibility index (Phi) is 8.03. The zero-order valence-corrected chi connectivity index (χ0v) is 17.6. The van der Waals surface area contributed by atoms with Crippen LogP contribution in [0, 0.1) is 0 Å². The molecule has 0 aliphatic rings. The largest absolute Gasteiger partial charge is 0.386 e. The Morgan fingerprint density at radius 1 is 1.26 bits per heavy atom. The Labute approximate surface area is 165 Å². The maximum absolute atomic E-state index is 12.2. The molecule has 0 saturated heterocycles. The quantitative estimate of drug-likeness (QED) is 0.431. The first kappa shape index (κ1) is 21.6. The van der Waals surface area contributed by atoms with Gasteiger partial charge in [0.1, 0.15) is 6.10 Å². The van der Waals surface area contributed by atoms with Crippen molar-refractivity contribution in [2.75, 3.05) is 39.0 Å². The smallest absolute Gasteiger partial charge is 0.215 e. The summed E-state index contributed by atoms with van der Waals surface area (Å²) in [6.45, 7) is 5.11. The van der Waals surface area contributed by atoms with Gasteiger partial charge in [-0.15, -0.1) is 11.3 Å². The summed E-state index contributed by atoms with van der Waals surface area (Å²) in [5.74, 6) is 0.457. The van der Waals surface area contributed by atoms with Gasteiger partial charge >= 0.3 is 0 Å². The average Bonchev–Trinajstić information content (AvgIpc) is 3.09. The molecule has 0 spiro atoms. The predicted molar refractivity (Wildman–Crippen MR) is 113 cm³/mol. The van der Waals surface area contributed by atoms with Crippen molar-refractivity contribution in [3.8, 4) is 0 Å². The molecule has 27 heavy (non-hydrogen) atoms. The van der Waals surface area contributed by atoms with Gasteiger partial charge in [0.05, 0.1) is 5.75 Å². The summed E-state index contributed by atoms with van der Waals surface area (Å²) in [6, 6.07) is 9.98. The number of aliphatic imine (C=N–C) groups is 1. The van der Waals surface area contributed by atoms with Crippen LogP contribution in [-0.4, -0.2) is 62.8 Å². The fourth-order valence-corrected chi connectivity index (χ4v) is 5.18. The molecule has 0 amide bonds. The van der Waals surface area contributed by atoms with Crippen molar-refractivity contribution >= 4 is 37.4 Å². The van der Waals surface area contributed by atoms with E-state index in [1.807, 2.05) is 44.2 Å². The second-order valence-electron chi connectivity index (χ2n) is 5.98. The summed E-state index contributed by atoms with van der Waals surface area (Å²) >= 11 is 1.56. The van der Waals surface area contributed by atoms with Gasteiger partial charge in [0.2, 0.25) is 10.0 Å². The number of aliphatic hydroxyl groups excluding tert-OH is 1. The van der Waals surface area contributed by atoms with Crippen molar-refractivity contribution in [1.29, 1.82) is 0 Å². The Balaban J connectivity index is 1.84. The van der Waals surface area contributed by atoms with E-state index < -0.39 is 16.1 Å². The number of fused-ring (bicyclic) bond motifs is 1. The summed E-state index contributed by atoms with van der Waals surface area (Å²) in [5.41, 5.74) is 0. The molecule has 0 bridgehead atoms. The van der Waals surface area contributed by atoms with Crippen LogP contribution >= 0.6 is 11.3 Å². The van der Waals surface area contributed by atoms with Crippen molar-refractivity contribution in [2.24, 2.45) is 4.99 Å². The fraction of sp³-hybridized carbons (Fsp3) is 0.500. The van der Waals surface area contributed by atoms with Crippen LogP contribution in [0.2, 0.25) is 0 Å². The molecule has 2 rings (SSSR count). The number of nitrogens with one attached hydrogen (secondary N) is 2. The molecule has 1 aromatic carbocycles. The van der Waals surface area contributed by atoms with Gasteiger partial charge in [0, 0.05) is 42.8 Å². The molecule has 2 aromatic rings. The van der Waals surface area contributed by atoms with Gasteiger partial charge in [0.15, 0.2) is 5.96 Å². The van der Waals surface area contributed by atoms with Gasteiger partial charge in [-0.1, -0.05) is 32.0 Å². The molecule has 0 aliphatic heterocycles. The van der Waals surface area contributed by atoms with Gasteiger partial charge in [0.25, 0.3) is 0 Å². The molecule has 0 saturated carbocycles. The minimum absolute atomic E-state index is 0.00571. The van der Waals surface area contributed by atoms with Crippen molar-refractivity contribution < 1.29 is 13.5 Å². The number of nitrogens with zero attached hydrogens (tertiary/aromatic N) is 2. The zero-order chi connectivity index (χ0) is 19.9. The van der Waals surface area contributed by atoms with Gasteiger partial charge < -0.3 is 15.7 Å². The van der Waals surface area contributed by atoms with Crippen LogP contribution in [0.5, 0.6) is 0 Å².